The lowest BCUT2D eigenvalue weighted by Crippen LogP contribution is -2.38. The van der Waals surface area contributed by atoms with Gasteiger partial charge in [0.05, 0.1) is 0 Å². The summed E-state index contributed by atoms with van der Waals surface area (Å²) in [6.07, 6.45) is 17.7. The van der Waals surface area contributed by atoms with Crippen molar-refractivity contribution in [3.8, 4) is 0 Å². The standard InChI is InChI=1S/C20H41NO2/c1-4-5-6-7-8-9-10-11-12-13-14-15-16-17-19(22)23-18-20(2,3)21/h4-18,21H2,1-3H3. The van der Waals surface area contributed by atoms with Gasteiger partial charge in [-0.05, 0) is 20.3 Å². The van der Waals surface area contributed by atoms with E-state index in [4.69, 9.17) is 10.5 Å². The third-order valence-corrected chi connectivity index (χ3v) is 4.09. The Kier molecular flexibility index (Phi) is 14.6. The number of rotatable bonds is 16. The summed E-state index contributed by atoms with van der Waals surface area (Å²) in [6.45, 7) is 6.31. The molecule has 0 amide bonds. The van der Waals surface area contributed by atoms with Crippen LogP contribution in [-0.2, 0) is 9.53 Å². The minimum atomic E-state index is -0.425. The summed E-state index contributed by atoms with van der Waals surface area (Å²) in [6, 6.07) is 0. The van der Waals surface area contributed by atoms with Gasteiger partial charge < -0.3 is 10.5 Å². The van der Waals surface area contributed by atoms with Crippen molar-refractivity contribution < 1.29 is 9.53 Å². The summed E-state index contributed by atoms with van der Waals surface area (Å²) in [7, 11) is 0. The molecule has 0 aromatic carbocycles. The second kappa shape index (κ2) is 15.0. The molecule has 3 nitrogen and oxygen atoms in total. The van der Waals surface area contributed by atoms with Crippen LogP contribution in [0.1, 0.15) is 111 Å². The molecule has 0 saturated carbocycles. The van der Waals surface area contributed by atoms with Crippen LogP contribution in [0.5, 0.6) is 0 Å². The van der Waals surface area contributed by atoms with Crippen LogP contribution in [0.3, 0.4) is 0 Å². The molecule has 3 heteroatoms. The number of nitrogens with two attached hydrogens (primary N) is 1. The first kappa shape index (κ1) is 22.4. The first-order chi connectivity index (χ1) is 11.0. The Morgan fingerprint density at radius 2 is 1.17 bits per heavy atom. The van der Waals surface area contributed by atoms with Crippen molar-refractivity contribution in [2.45, 2.75) is 116 Å². The van der Waals surface area contributed by atoms with Gasteiger partial charge in [-0.15, -0.1) is 0 Å². The zero-order chi connectivity index (χ0) is 17.4. The van der Waals surface area contributed by atoms with Crippen molar-refractivity contribution in [3.63, 3.8) is 0 Å². The molecule has 2 N–H and O–H groups in total. The molecule has 0 aliphatic carbocycles. The van der Waals surface area contributed by atoms with Gasteiger partial charge >= 0.3 is 5.97 Å². The zero-order valence-electron chi connectivity index (χ0n) is 16.0. The first-order valence-electron chi connectivity index (χ1n) is 9.90. The Balaban J connectivity index is 3.17. The van der Waals surface area contributed by atoms with Crippen molar-refractivity contribution in [3.05, 3.63) is 0 Å². The Hall–Kier alpha value is -0.570. The lowest BCUT2D eigenvalue weighted by molar-refractivity contribution is -0.145. The molecular weight excluding hydrogens is 286 g/mol. The molecule has 0 aromatic heterocycles. The van der Waals surface area contributed by atoms with E-state index in [-0.39, 0.29) is 5.97 Å². The second-order valence-electron chi connectivity index (χ2n) is 7.64. The first-order valence-corrected chi connectivity index (χ1v) is 9.90. The van der Waals surface area contributed by atoms with Crippen molar-refractivity contribution in [2.75, 3.05) is 6.61 Å². The summed E-state index contributed by atoms with van der Waals surface area (Å²) >= 11 is 0. The summed E-state index contributed by atoms with van der Waals surface area (Å²) in [5, 5.41) is 0. The molecule has 0 radical (unpaired) electrons. The molecule has 0 rings (SSSR count). The summed E-state index contributed by atoms with van der Waals surface area (Å²) < 4.78 is 5.15. The average Bonchev–Trinajstić information content (AvgIpc) is 2.49. The molecule has 0 aliphatic rings. The number of hydrogen-bond donors (Lipinski definition) is 1. The van der Waals surface area contributed by atoms with Crippen LogP contribution < -0.4 is 5.73 Å². The molecule has 0 heterocycles. The quantitative estimate of drug-likeness (QED) is 0.290. The smallest absolute Gasteiger partial charge is 0.305 e. The lowest BCUT2D eigenvalue weighted by atomic mass is 10.0. The maximum atomic E-state index is 11.5. The topological polar surface area (TPSA) is 52.3 Å². The molecule has 0 spiro atoms. The maximum Gasteiger partial charge on any atom is 0.305 e. The molecule has 0 fully saturated rings. The fraction of sp³-hybridized carbons (Fsp3) is 0.950. The Morgan fingerprint density at radius 1 is 0.783 bits per heavy atom. The monoisotopic (exact) mass is 327 g/mol. The number of carbonyl (C=O) groups excluding carboxylic acids is 1. The molecule has 0 saturated heterocycles. The summed E-state index contributed by atoms with van der Waals surface area (Å²) in [5.41, 5.74) is 5.36. The van der Waals surface area contributed by atoms with E-state index >= 15 is 0 Å². The molecular formula is C20H41NO2. The van der Waals surface area contributed by atoms with E-state index < -0.39 is 5.54 Å². The van der Waals surface area contributed by atoms with Gasteiger partial charge in [-0.3, -0.25) is 4.79 Å². The predicted octanol–water partition coefficient (Wildman–Crippen LogP) is 5.75. The maximum absolute atomic E-state index is 11.5. The van der Waals surface area contributed by atoms with E-state index in [9.17, 15) is 4.79 Å². The van der Waals surface area contributed by atoms with E-state index in [0.29, 0.717) is 13.0 Å². The molecule has 0 aliphatic heterocycles. The van der Waals surface area contributed by atoms with Gasteiger partial charge in [0.1, 0.15) is 6.61 Å². The number of ether oxygens (including phenoxy) is 1. The predicted molar refractivity (Wildman–Crippen MR) is 99.5 cm³/mol. The van der Waals surface area contributed by atoms with E-state index in [1.165, 1.54) is 70.6 Å². The zero-order valence-corrected chi connectivity index (χ0v) is 16.0. The van der Waals surface area contributed by atoms with E-state index in [0.717, 1.165) is 12.8 Å². The van der Waals surface area contributed by atoms with Crippen LogP contribution in [0.4, 0.5) is 0 Å². The Morgan fingerprint density at radius 3 is 1.57 bits per heavy atom. The van der Waals surface area contributed by atoms with Gasteiger partial charge in [0, 0.05) is 12.0 Å². The van der Waals surface area contributed by atoms with Gasteiger partial charge in [0.2, 0.25) is 0 Å². The average molecular weight is 328 g/mol. The molecule has 0 bridgehead atoms. The van der Waals surface area contributed by atoms with E-state index in [1.807, 2.05) is 13.8 Å². The summed E-state index contributed by atoms with van der Waals surface area (Å²) in [4.78, 5) is 11.5. The van der Waals surface area contributed by atoms with Crippen molar-refractivity contribution >= 4 is 5.97 Å². The van der Waals surface area contributed by atoms with Crippen LogP contribution in [0.2, 0.25) is 0 Å². The minimum absolute atomic E-state index is 0.105. The lowest BCUT2D eigenvalue weighted by Gasteiger charge is -2.17. The van der Waals surface area contributed by atoms with Gasteiger partial charge in [-0.1, -0.05) is 84.0 Å². The highest BCUT2D eigenvalue weighted by Crippen LogP contribution is 2.13. The van der Waals surface area contributed by atoms with Crippen LogP contribution >= 0.6 is 0 Å². The van der Waals surface area contributed by atoms with Crippen molar-refractivity contribution in [1.29, 1.82) is 0 Å². The Labute approximate surface area is 144 Å². The van der Waals surface area contributed by atoms with Gasteiger partial charge in [-0.2, -0.15) is 0 Å². The van der Waals surface area contributed by atoms with Crippen LogP contribution in [0, 0.1) is 0 Å². The fourth-order valence-electron chi connectivity index (χ4n) is 2.63. The van der Waals surface area contributed by atoms with Crippen LogP contribution in [-0.4, -0.2) is 18.1 Å². The highest BCUT2D eigenvalue weighted by atomic mass is 16.5. The van der Waals surface area contributed by atoms with E-state index in [2.05, 4.69) is 6.92 Å². The van der Waals surface area contributed by atoms with E-state index in [1.54, 1.807) is 0 Å². The summed E-state index contributed by atoms with van der Waals surface area (Å²) in [5.74, 6) is -0.105. The molecule has 138 valence electrons. The van der Waals surface area contributed by atoms with Crippen LogP contribution in [0.15, 0.2) is 0 Å². The Bertz CT molecular complexity index is 271. The highest BCUT2D eigenvalue weighted by Gasteiger charge is 2.13. The normalized spacial score (nSPS) is 11.7. The van der Waals surface area contributed by atoms with Crippen molar-refractivity contribution in [1.82, 2.24) is 0 Å². The molecule has 0 atom stereocenters. The number of unbranched alkanes of at least 4 members (excludes halogenated alkanes) is 12. The minimum Gasteiger partial charge on any atom is -0.464 e. The highest BCUT2D eigenvalue weighted by molar-refractivity contribution is 5.69. The van der Waals surface area contributed by atoms with Gasteiger partial charge in [0.15, 0.2) is 0 Å². The van der Waals surface area contributed by atoms with Crippen molar-refractivity contribution in [2.24, 2.45) is 5.73 Å². The molecule has 0 aromatic rings. The fourth-order valence-corrected chi connectivity index (χ4v) is 2.63. The van der Waals surface area contributed by atoms with Gasteiger partial charge in [-0.25, -0.2) is 0 Å². The third-order valence-electron chi connectivity index (χ3n) is 4.09. The molecule has 23 heavy (non-hydrogen) atoms. The molecule has 0 unspecified atom stereocenters. The number of hydrogen-bond acceptors (Lipinski definition) is 3. The second-order valence-corrected chi connectivity index (χ2v) is 7.64. The SMILES string of the molecule is CCCCCCCCCCCCCCCC(=O)OCC(C)(C)N. The van der Waals surface area contributed by atoms with Crippen LogP contribution in [0.25, 0.3) is 0 Å². The van der Waals surface area contributed by atoms with Gasteiger partial charge in [0.25, 0.3) is 0 Å². The third kappa shape index (κ3) is 19.4. The number of esters is 1. The largest absolute Gasteiger partial charge is 0.464 e. The number of carbonyl (C=O) groups is 1.